The molecule has 0 radical (unpaired) electrons. The Hall–Kier alpha value is -2.18. The lowest BCUT2D eigenvalue weighted by Gasteiger charge is -2.24. The number of carboxylic acids is 1. The third kappa shape index (κ3) is 2.75. The molecule has 1 aromatic heterocycles. The standard InChI is InChI=1S/C15H12ClN3O2S/c1-8-12(15(20)21)13(9-3-2-4-10(16)5-9)19-14(18-8)11-6-22-7-17-11/h2-7,13H,1H3,(H,18,19)(H,20,21). The van der Waals surface area contributed by atoms with Crippen LogP contribution in [-0.4, -0.2) is 21.9 Å². The van der Waals surface area contributed by atoms with Gasteiger partial charge < -0.3 is 10.4 Å². The Kier molecular flexibility index (Phi) is 3.96. The molecule has 0 saturated heterocycles. The van der Waals surface area contributed by atoms with Gasteiger partial charge in [-0.2, -0.15) is 0 Å². The van der Waals surface area contributed by atoms with E-state index in [4.69, 9.17) is 11.6 Å². The predicted octanol–water partition coefficient (Wildman–Crippen LogP) is 3.25. The highest BCUT2D eigenvalue weighted by Crippen LogP contribution is 2.32. The normalized spacial score (nSPS) is 17.9. The topological polar surface area (TPSA) is 74.6 Å². The second kappa shape index (κ2) is 5.90. The number of aliphatic imine (C=N–C) groups is 1. The summed E-state index contributed by atoms with van der Waals surface area (Å²) in [4.78, 5) is 20.4. The first-order chi connectivity index (χ1) is 10.6. The van der Waals surface area contributed by atoms with E-state index in [2.05, 4.69) is 15.3 Å². The number of thiazole rings is 1. The second-order valence-electron chi connectivity index (χ2n) is 4.78. The predicted molar refractivity (Wildman–Crippen MR) is 86.3 cm³/mol. The smallest absolute Gasteiger partial charge is 0.335 e. The molecule has 2 aromatic rings. The lowest BCUT2D eigenvalue weighted by atomic mass is 9.96. The lowest BCUT2D eigenvalue weighted by molar-refractivity contribution is -0.133. The first-order valence-electron chi connectivity index (χ1n) is 6.49. The summed E-state index contributed by atoms with van der Waals surface area (Å²) >= 11 is 7.48. The summed E-state index contributed by atoms with van der Waals surface area (Å²) in [6.45, 7) is 1.72. The molecule has 1 unspecified atom stereocenters. The Labute approximate surface area is 136 Å². The van der Waals surface area contributed by atoms with Crippen molar-refractivity contribution in [1.29, 1.82) is 0 Å². The summed E-state index contributed by atoms with van der Waals surface area (Å²) in [5.41, 5.74) is 3.90. The monoisotopic (exact) mass is 333 g/mol. The van der Waals surface area contributed by atoms with Crippen LogP contribution in [0.1, 0.15) is 24.2 Å². The van der Waals surface area contributed by atoms with Crippen molar-refractivity contribution >= 4 is 34.7 Å². The van der Waals surface area contributed by atoms with Gasteiger partial charge in [0, 0.05) is 16.1 Å². The van der Waals surface area contributed by atoms with Gasteiger partial charge in [-0.25, -0.2) is 9.78 Å². The molecule has 112 valence electrons. The van der Waals surface area contributed by atoms with Crippen molar-refractivity contribution in [3.63, 3.8) is 0 Å². The maximum atomic E-state index is 11.6. The first kappa shape index (κ1) is 14.7. The number of amidine groups is 1. The third-order valence-electron chi connectivity index (χ3n) is 3.31. The van der Waals surface area contributed by atoms with Gasteiger partial charge >= 0.3 is 5.97 Å². The van der Waals surface area contributed by atoms with E-state index >= 15 is 0 Å². The fourth-order valence-corrected chi connectivity index (χ4v) is 3.07. The average Bonchev–Trinajstić information content (AvgIpc) is 3.00. The third-order valence-corrected chi connectivity index (χ3v) is 4.13. The highest BCUT2D eigenvalue weighted by atomic mass is 35.5. The van der Waals surface area contributed by atoms with Gasteiger partial charge in [-0.1, -0.05) is 23.7 Å². The molecule has 0 bridgehead atoms. The van der Waals surface area contributed by atoms with Crippen molar-refractivity contribution in [3.8, 4) is 0 Å². The molecule has 1 atom stereocenters. The lowest BCUT2D eigenvalue weighted by Crippen LogP contribution is -2.32. The number of rotatable bonds is 3. The summed E-state index contributed by atoms with van der Waals surface area (Å²) < 4.78 is 0. The fraction of sp³-hybridized carbons (Fsp3) is 0.133. The molecule has 1 aliphatic heterocycles. The van der Waals surface area contributed by atoms with E-state index in [0.29, 0.717) is 22.2 Å². The zero-order valence-corrected chi connectivity index (χ0v) is 13.1. The zero-order valence-electron chi connectivity index (χ0n) is 11.6. The largest absolute Gasteiger partial charge is 0.478 e. The van der Waals surface area contributed by atoms with Crippen LogP contribution in [0.5, 0.6) is 0 Å². The van der Waals surface area contributed by atoms with Gasteiger partial charge in [-0.15, -0.1) is 11.3 Å². The highest BCUT2D eigenvalue weighted by molar-refractivity contribution is 7.07. The van der Waals surface area contributed by atoms with Gasteiger partial charge in [0.15, 0.2) is 5.84 Å². The van der Waals surface area contributed by atoms with Gasteiger partial charge in [0.1, 0.15) is 11.7 Å². The van der Waals surface area contributed by atoms with Crippen LogP contribution in [0, 0.1) is 0 Å². The highest BCUT2D eigenvalue weighted by Gasteiger charge is 2.29. The number of carboxylic acid groups (broad SMARTS) is 1. The Morgan fingerprint density at radius 3 is 2.91 bits per heavy atom. The van der Waals surface area contributed by atoms with Crippen molar-refractivity contribution in [1.82, 2.24) is 10.3 Å². The van der Waals surface area contributed by atoms with E-state index in [1.54, 1.807) is 30.6 Å². The molecule has 0 amide bonds. The number of halogens is 1. The molecule has 2 N–H and O–H groups in total. The number of hydrogen-bond donors (Lipinski definition) is 2. The van der Waals surface area contributed by atoms with E-state index < -0.39 is 12.0 Å². The fourth-order valence-electron chi connectivity index (χ4n) is 2.33. The maximum Gasteiger partial charge on any atom is 0.335 e. The van der Waals surface area contributed by atoms with Crippen LogP contribution in [0.25, 0.3) is 0 Å². The van der Waals surface area contributed by atoms with Crippen LogP contribution in [0.4, 0.5) is 0 Å². The minimum atomic E-state index is -1.00. The molecule has 0 spiro atoms. The molecule has 2 heterocycles. The molecular formula is C15H12ClN3O2S. The van der Waals surface area contributed by atoms with Gasteiger partial charge in [0.25, 0.3) is 0 Å². The van der Waals surface area contributed by atoms with Crippen molar-refractivity contribution in [2.24, 2.45) is 4.99 Å². The second-order valence-corrected chi connectivity index (χ2v) is 5.93. The molecule has 3 rings (SSSR count). The number of benzene rings is 1. The SMILES string of the molecule is CC1=C(C(=O)O)C(c2cccc(Cl)c2)N=C(c2cscn2)N1. The van der Waals surface area contributed by atoms with Crippen LogP contribution < -0.4 is 5.32 Å². The number of allylic oxidation sites excluding steroid dienone is 1. The molecule has 5 nitrogen and oxygen atoms in total. The summed E-state index contributed by atoms with van der Waals surface area (Å²) in [5, 5.41) is 14.9. The van der Waals surface area contributed by atoms with E-state index in [9.17, 15) is 9.90 Å². The van der Waals surface area contributed by atoms with Crippen LogP contribution >= 0.6 is 22.9 Å². The molecular weight excluding hydrogens is 322 g/mol. The Bertz CT molecular complexity index is 784. The van der Waals surface area contributed by atoms with Gasteiger partial charge in [-0.3, -0.25) is 4.99 Å². The molecule has 22 heavy (non-hydrogen) atoms. The van der Waals surface area contributed by atoms with Gasteiger partial charge in [0.05, 0.1) is 11.1 Å². The Morgan fingerprint density at radius 1 is 1.45 bits per heavy atom. The van der Waals surface area contributed by atoms with Crippen LogP contribution in [0.2, 0.25) is 5.02 Å². The summed E-state index contributed by atoms with van der Waals surface area (Å²) in [7, 11) is 0. The van der Waals surface area contributed by atoms with E-state index in [-0.39, 0.29) is 5.57 Å². The zero-order chi connectivity index (χ0) is 15.7. The summed E-state index contributed by atoms with van der Waals surface area (Å²) in [5.74, 6) is -0.440. The first-order valence-corrected chi connectivity index (χ1v) is 7.81. The molecule has 0 aliphatic carbocycles. The molecule has 0 saturated carbocycles. The quantitative estimate of drug-likeness (QED) is 0.904. The minimum absolute atomic E-state index is 0.209. The number of nitrogens with zero attached hydrogens (tertiary/aromatic N) is 2. The molecule has 0 fully saturated rings. The van der Waals surface area contributed by atoms with Crippen LogP contribution in [-0.2, 0) is 4.79 Å². The van der Waals surface area contributed by atoms with Crippen molar-refractivity contribution < 1.29 is 9.90 Å². The number of carbonyl (C=O) groups is 1. The summed E-state index contributed by atoms with van der Waals surface area (Å²) in [6.07, 6.45) is 0. The average molecular weight is 334 g/mol. The minimum Gasteiger partial charge on any atom is -0.478 e. The van der Waals surface area contributed by atoms with E-state index in [0.717, 1.165) is 5.56 Å². The molecule has 7 heteroatoms. The van der Waals surface area contributed by atoms with E-state index in [1.165, 1.54) is 11.3 Å². The van der Waals surface area contributed by atoms with Crippen molar-refractivity contribution in [2.45, 2.75) is 13.0 Å². The maximum absolute atomic E-state index is 11.6. The van der Waals surface area contributed by atoms with Crippen molar-refractivity contribution in [2.75, 3.05) is 0 Å². The van der Waals surface area contributed by atoms with Crippen LogP contribution in [0.15, 0.2) is 51.4 Å². The Balaban J connectivity index is 2.11. The van der Waals surface area contributed by atoms with Gasteiger partial charge in [0.2, 0.25) is 0 Å². The number of aromatic nitrogens is 1. The van der Waals surface area contributed by atoms with Crippen molar-refractivity contribution in [3.05, 3.63) is 62.7 Å². The van der Waals surface area contributed by atoms with E-state index in [1.807, 2.05) is 11.4 Å². The Morgan fingerprint density at radius 2 is 2.27 bits per heavy atom. The number of aliphatic carboxylic acids is 1. The van der Waals surface area contributed by atoms with Crippen LogP contribution in [0.3, 0.4) is 0 Å². The number of hydrogen-bond acceptors (Lipinski definition) is 5. The summed E-state index contributed by atoms with van der Waals surface area (Å²) in [6, 6.07) is 6.46. The van der Waals surface area contributed by atoms with Gasteiger partial charge in [-0.05, 0) is 24.6 Å². The molecule has 1 aliphatic rings. The molecule has 1 aromatic carbocycles. The number of nitrogens with one attached hydrogen (secondary N) is 1.